The smallest absolute Gasteiger partial charge is 0.261 e. The molecule has 3 aromatic carbocycles. The minimum absolute atomic E-state index is 0.134. The summed E-state index contributed by atoms with van der Waals surface area (Å²) < 4.78 is 43.3. The van der Waals surface area contributed by atoms with Crippen molar-refractivity contribution in [1.82, 2.24) is 14.5 Å². The summed E-state index contributed by atoms with van der Waals surface area (Å²) >= 11 is 5.95. The number of carbonyl (C=O) groups is 2. The van der Waals surface area contributed by atoms with Crippen molar-refractivity contribution in [3.8, 4) is 11.5 Å². The van der Waals surface area contributed by atoms with Gasteiger partial charge >= 0.3 is 0 Å². The molecular formula is C30H34ClN3O7S. The first kappa shape index (κ1) is 31.3. The van der Waals surface area contributed by atoms with E-state index in [0.717, 1.165) is 11.1 Å². The van der Waals surface area contributed by atoms with Gasteiger partial charge in [0.15, 0.2) is 6.61 Å². The van der Waals surface area contributed by atoms with Crippen molar-refractivity contribution in [1.29, 1.82) is 0 Å². The van der Waals surface area contributed by atoms with Crippen LogP contribution in [0.5, 0.6) is 11.5 Å². The van der Waals surface area contributed by atoms with Gasteiger partial charge in [-0.05, 0) is 66.6 Å². The number of halogens is 1. The number of ether oxygens (including phenoxy) is 3. The number of benzene rings is 3. The van der Waals surface area contributed by atoms with Crippen LogP contribution in [-0.4, -0.2) is 75.5 Å². The van der Waals surface area contributed by atoms with Crippen LogP contribution in [0.2, 0.25) is 5.02 Å². The van der Waals surface area contributed by atoms with Crippen LogP contribution in [0.3, 0.4) is 0 Å². The van der Waals surface area contributed by atoms with Gasteiger partial charge in [-0.3, -0.25) is 9.59 Å². The number of amides is 2. The third kappa shape index (κ3) is 8.22. The summed E-state index contributed by atoms with van der Waals surface area (Å²) in [5, 5.41) is 3.47. The van der Waals surface area contributed by atoms with Crippen LogP contribution in [-0.2, 0) is 37.4 Å². The molecule has 0 saturated carbocycles. The average Bonchev–Trinajstić information content (AvgIpc) is 3.02. The molecule has 4 rings (SSSR count). The zero-order valence-electron chi connectivity index (χ0n) is 23.5. The van der Waals surface area contributed by atoms with Gasteiger partial charge in [0.25, 0.3) is 5.91 Å². The molecule has 0 spiro atoms. The lowest BCUT2D eigenvalue weighted by Crippen LogP contribution is -2.48. The molecule has 10 nitrogen and oxygen atoms in total. The average molecular weight is 616 g/mol. The molecule has 1 N–H and O–H groups in total. The summed E-state index contributed by atoms with van der Waals surface area (Å²) in [6.45, 7) is 3.05. The van der Waals surface area contributed by atoms with E-state index in [0.29, 0.717) is 42.8 Å². The van der Waals surface area contributed by atoms with E-state index in [1.807, 2.05) is 24.3 Å². The summed E-state index contributed by atoms with van der Waals surface area (Å²) in [7, 11) is -2.08. The second-order valence-electron chi connectivity index (χ2n) is 9.67. The lowest BCUT2D eigenvalue weighted by atomic mass is 10.1. The maximum Gasteiger partial charge on any atom is 0.261 e. The quantitative estimate of drug-likeness (QED) is 0.332. The number of hydrogen-bond donors (Lipinski definition) is 1. The monoisotopic (exact) mass is 615 g/mol. The molecule has 0 radical (unpaired) electrons. The van der Waals surface area contributed by atoms with Gasteiger partial charge in [0.2, 0.25) is 15.9 Å². The normalized spacial score (nSPS) is 14.5. The van der Waals surface area contributed by atoms with Crippen LogP contribution < -0.4 is 14.8 Å². The van der Waals surface area contributed by atoms with Crippen LogP contribution in [0.25, 0.3) is 0 Å². The van der Waals surface area contributed by atoms with Crippen molar-refractivity contribution in [2.75, 3.05) is 40.0 Å². The summed E-state index contributed by atoms with van der Waals surface area (Å²) in [4.78, 5) is 28.1. The zero-order valence-corrected chi connectivity index (χ0v) is 25.1. The molecule has 1 fully saturated rings. The Morgan fingerprint density at radius 3 is 2.17 bits per heavy atom. The van der Waals surface area contributed by atoms with Crippen LogP contribution in [0.1, 0.15) is 18.1 Å². The van der Waals surface area contributed by atoms with Crippen LogP contribution >= 0.6 is 11.6 Å². The van der Waals surface area contributed by atoms with E-state index in [4.69, 9.17) is 25.8 Å². The topological polar surface area (TPSA) is 114 Å². The largest absolute Gasteiger partial charge is 0.497 e. The van der Waals surface area contributed by atoms with Crippen molar-refractivity contribution < 1.29 is 32.2 Å². The molecule has 0 aromatic heterocycles. The van der Waals surface area contributed by atoms with Gasteiger partial charge in [0.1, 0.15) is 17.5 Å². The molecular weight excluding hydrogens is 582 g/mol. The highest BCUT2D eigenvalue weighted by Crippen LogP contribution is 2.21. The van der Waals surface area contributed by atoms with Crippen molar-refractivity contribution in [2.24, 2.45) is 0 Å². The third-order valence-corrected chi connectivity index (χ3v) is 9.02. The molecule has 1 aliphatic rings. The molecule has 1 saturated heterocycles. The molecule has 42 heavy (non-hydrogen) atoms. The minimum Gasteiger partial charge on any atom is -0.497 e. The Morgan fingerprint density at radius 2 is 1.55 bits per heavy atom. The van der Waals surface area contributed by atoms with E-state index >= 15 is 0 Å². The van der Waals surface area contributed by atoms with Crippen molar-refractivity contribution in [3.05, 3.63) is 88.9 Å². The summed E-state index contributed by atoms with van der Waals surface area (Å²) in [5.74, 6) is 0.260. The first-order valence-corrected chi connectivity index (χ1v) is 15.2. The van der Waals surface area contributed by atoms with E-state index < -0.39 is 22.0 Å². The van der Waals surface area contributed by atoms with Crippen LogP contribution in [0, 0.1) is 0 Å². The molecule has 1 aliphatic heterocycles. The Labute approximate surface area is 251 Å². The second kappa shape index (κ2) is 14.5. The molecule has 0 unspecified atom stereocenters. The maximum atomic E-state index is 13.4. The lowest BCUT2D eigenvalue weighted by Gasteiger charge is -2.29. The highest BCUT2D eigenvalue weighted by molar-refractivity contribution is 7.89. The number of nitrogens with one attached hydrogen (secondary N) is 1. The number of sulfonamides is 1. The molecule has 1 heterocycles. The van der Waals surface area contributed by atoms with Gasteiger partial charge < -0.3 is 24.4 Å². The van der Waals surface area contributed by atoms with E-state index in [1.165, 1.54) is 33.5 Å². The Balaban J connectivity index is 1.42. The van der Waals surface area contributed by atoms with Gasteiger partial charge in [-0.1, -0.05) is 35.9 Å². The molecule has 1 atom stereocenters. The fourth-order valence-corrected chi connectivity index (χ4v) is 5.86. The SMILES string of the molecule is COc1ccc(CN(C(=O)COc2ccc(S(=O)(=O)N3CCOCC3)cc2)[C@H](C)C(=O)NCc2ccc(Cl)cc2)cc1. The predicted molar refractivity (Wildman–Crippen MR) is 158 cm³/mol. The highest BCUT2D eigenvalue weighted by Gasteiger charge is 2.28. The van der Waals surface area contributed by atoms with Gasteiger partial charge in [-0.25, -0.2) is 8.42 Å². The van der Waals surface area contributed by atoms with Crippen molar-refractivity contribution >= 4 is 33.4 Å². The predicted octanol–water partition coefficient (Wildman–Crippen LogP) is 3.48. The third-order valence-electron chi connectivity index (χ3n) is 6.85. The van der Waals surface area contributed by atoms with Gasteiger partial charge in [0.05, 0.1) is 25.2 Å². The fraction of sp³-hybridized carbons (Fsp3) is 0.333. The summed E-state index contributed by atoms with van der Waals surface area (Å²) in [6.07, 6.45) is 0. The number of morpholine rings is 1. The van der Waals surface area contributed by atoms with Crippen molar-refractivity contribution in [3.63, 3.8) is 0 Å². The molecule has 0 bridgehead atoms. The van der Waals surface area contributed by atoms with Crippen LogP contribution in [0.4, 0.5) is 0 Å². The number of hydrogen-bond acceptors (Lipinski definition) is 7. The minimum atomic E-state index is -3.65. The number of rotatable bonds is 12. The molecule has 224 valence electrons. The van der Waals surface area contributed by atoms with Gasteiger partial charge in [0, 0.05) is 31.2 Å². The highest BCUT2D eigenvalue weighted by atomic mass is 35.5. The molecule has 2 amide bonds. The lowest BCUT2D eigenvalue weighted by molar-refractivity contribution is -0.142. The summed E-state index contributed by atoms with van der Waals surface area (Å²) in [5.41, 5.74) is 1.68. The van der Waals surface area contributed by atoms with E-state index in [2.05, 4.69) is 5.32 Å². The van der Waals surface area contributed by atoms with E-state index in [-0.39, 0.29) is 30.5 Å². The summed E-state index contributed by atoms with van der Waals surface area (Å²) in [6, 6.07) is 19.5. The molecule has 12 heteroatoms. The van der Waals surface area contributed by atoms with E-state index in [1.54, 1.807) is 38.3 Å². The number of carbonyl (C=O) groups excluding carboxylic acids is 2. The first-order valence-electron chi connectivity index (χ1n) is 13.4. The number of nitrogens with zero attached hydrogens (tertiary/aromatic N) is 2. The van der Waals surface area contributed by atoms with Crippen molar-refractivity contribution in [2.45, 2.75) is 31.0 Å². The van der Waals surface area contributed by atoms with Gasteiger partial charge in [-0.15, -0.1) is 0 Å². The molecule has 0 aliphatic carbocycles. The van der Waals surface area contributed by atoms with Crippen LogP contribution in [0.15, 0.2) is 77.7 Å². The number of methoxy groups -OCH3 is 1. The Bertz CT molecular complexity index is 1440. The second-order valence-corrected chi connectivity index (χ2v) is 12.0. The van der Waals surface area contributed by atoms with Gasteiger partial charge in [-0.2, -0.15) is 4.31 Å². The Morgan fingerprint density at radius 1 is 0.952 bits per heavy atom. The zero-order chi connectivity index (χ0) is 30.1. The standard InChI is InChI=1S/C30H34ClN3O7S/c1-22(30(36)32-19-23-3-7-25(31)8-4-23)34(20-24-5-9-26(39-2)10-6-24)29(35)21-41-27-11-13-28(14-12-27)42(37,38)33-15-17-40-18-16-33/h3-14,22H,15-21H2,1-2H3,(H,32,36)/t22-/m1/s1. The first-order chi connectivity index (χ1) is 20.2. The maximum absolute atomic E-state index is 13.4. The Hall–Kier alpha value is -3.64. The Kier molecular flexibility index (Phi) is 10.8. The van der Waals surface area contributed by atoms with E-state index in [9.17, 15) is 18.0 Å². The fourth-order valence-electron chi connectivity index (χ4n) is 4.32. The molecule has 3 aromatic rings.